The van der Waals surface area contributed by atoms with E-state index in [-0.39, 0.29) is 30.2 Å². The standard InChI is InChI=1S/C23H20F2N2O4/c1-30-23(29)20-11-17(31-21-5-3-2-4-18(21)25)13-27(20)22(28)19-10-15(12-26-19)14-6-8-16(24)9-7-14/h2-10,12,17,20,26H,11,13H2,1H3. The fraction of sp³-hybridized carbons (Fsp3) is 0.217. The van der Waals surface area contributed by atoms with Gasteiger partial charge in [0.15, 0.2) is 11.6 Å². The normalized spacial score (nSPS) is 18.1. The summed E-state index contributed by atoms with van der Waals surface area (Å²) in [6, 6.07) is 12.6. The zero-order valence-corrected chi connectivity index (χ0v) is 16.7. The number of aromatic amines is 1. The molecule has 0 bridgehead atoms. The summed E-state index contributed by atoms with van der Waals surface area (Å²) in [5.41, 5.74) is 1.71. The zero-order chi connectivity index (χ0) is 22.0. The molecule has 2 atom stereocenters. The average Bonchev–Trinajstić information content (AvgIpc) is 3.43. The molecular weight excluding hydrogens is 406 g/mol. The SMILES string of the molecule is COC(=O)C1CC(Oc2ccccc2F)CN1C(=O)c1cc(-c2ccc(F)cc2)c[nH]1. The van der Waals surface area contributed by atoms with E-state index in [1.807, 2.05) is 0 Å². The minimum absolute atomic E-state index is 0.0592. The van der Waals surface area contributed by atoms with E-state index < -0.39 is 29.8 Å². The molecule has 1 aliphatic heterocycles. The first-order valence-electron chi connectivity index (χ1n) is 9.70. The van der Waals surface area contributed by atoms with Crippen LogP contribution in [-0.2, 0) is 9.53 Å². The maximum Gasteiger partial charge on any atom is 0.328 e. The summed E-state index contributed by atoms with van der Waals surface area (Å²) in [6.07, 6.45) is 1.24. The number of benzene rings is 2. The average molecular weight is 426 g/mol. The van der Waals surface area contributed by atoms with Crippen molar-refractivity contribution in [1.29, 1.82) is 0 Å². The number of ether oxygens (including phenoxy) is 2. The van der Waals surface area contributed by atoms with Crippen LogP contribution in [0.15, 0.2) is 60.8 Å². The Hall–Kier alpha value is -3.68. The number of hydrogen-bond donors (Lipinski definition) is 1. The largest absolute Gasteiger partial charge is 0.485 e. The van der Waals surface area contributed by atoms with Gasteiger partial charge in [0.1, 0.15) is 23.7 Å². The highest BCUT2D eigenvalue weighted by Crippen LogP contribution is 2.28. The molecule has 0 spiro atoms. The molecule has 6 nitrogen and oxygen atoms in total. The molecule has 4 rings (SSSR count). The van der Waals surface area contributed by atoms with Gasteiger partial charge in [-0.25, -0.2) is 13.6 Å². The molecule has 3 aromatic rings. The molecular formula is C23H20F2N2O4. The van der Waals surface area contributed by atoms with Gasteiger partial charge in [-0.2, -0.15) is 0 Å². The van der Waals surface area contributed by atoms with Gasteiger partial charge in [0.05, 0.1) is 13.7 Å². The lowest BCUT2D eigenvalue weighted by Crippen LogP contribution is -2.41. The molecule has 160 valence electrons. The van der Waals surface area contributed by atoms with E-state index in [1.165, 1.54) is 36.3 Å². The van der Waals surface area contributed by atoms with E-state index in [9.17, 15) is 18.4 Å². The highest BCUT2D eigenvalue weighted by Gasteiger charge is 2.42. The summed E-state index contributed by atoms with van der Waals surface area (Å²) in [5.74, 6) is -1.80. The van der Waals surface area contributed by atoms with Crippen LogP contribution in [0.4, 0.5) is 8.78 Å². The molecule has 1 aromatic heterocycles. The van der Waals surface area contributed by atoms with Gasteiger partial charge >= 0.3 is 5.97 Å². The molecule has 0 aliphatic carbocycles. The molecule has 1 amide bonds. The summed E-state index contributed by atoms with van der Waals surface area (Å²) in [4.78, 5) is 29.7. The number of nitrogens with zero attached hydrogens (tertiary/aromatic N) is 1. The number of hydrogen-bond acceptors (Lipinski definition) is 4. The van der Waals surface area contributed by atoms with Gasteiger partial charge < -0.3 is 19.4 Å². The number of amides is 1. The number of carbonyl (C=O) groups excluding carboxylic acids is 2. The van der Waals surface area contributed by atoms with Crippen LogP contribution < -0.4 is 4.74 Å². The van der Waals surface area contributed by atoms with Crippen LogP contribution in [0.3, 0.4) is 0 Å². The monoisotopic (exact) mass is 426 g/mol. The van der Waals surface area contributed by atoms with Gasteiger partial charge in [-0.05, 0) is 41.5 Å². The molecule has 0 saturated carbocycles. The van der Waals surface area contributed by atoms with Gasteiger partial charge in [0.2, 0.25) is 0 Å². The molecule has 2 aromatic carbocycles. The van der Waals surface area contributed by atoms with Crippen molar-refractivity contribution >= 4 is 11.9 Å². The Bertz CT molecular complexity index is 1100. The van der Waals surface area contributed by atoms with Crippen molar-refractivity contribution in [3.05, 3.63) is 78.1 Å². The summed E-state index contributed by atoms with van der Waals surface area (Å²) in [5, 5.41) is 0. The fourth-order valence-corrected chi connectivity index (χ4v) is 3.67. The Morgan fingerprint density at radius 1 is 1.06 bits per heavy atom. The molecule has 2 unspecified atom stereocenters. The number of carbonyl (C=O) groups is 2. The van der Waals surface area contributed by atoms with Crippen LogP contribution in [0.5, 0.6) is 5.75 Å². The van der Waals surface area contributed by atoms with Crippen molar-refractivity contribution < 1.29 is 27.8 Å². The smallest absolute Gasteiger partial charge is 0.328 e. The van der Waals surface area contributed by atoms with E-state index in [0.717, 1.165) is 5.56 Å². The number of esters is 1. The highest BCUT2D eigenvalue weighted by atomic mass is 19.1. The van der Waals surface area contributed by atoms with Crippen LogP contribution >= 0.6 is 0 Å². The molecule has 8 heteroatoms. The number of methoxy groups -OCH3 is 1. The number of para-hydroxylation sites is 1. The van der Waals surface area contributed by atoms with Crippen LogP contribution in [-0.4, -0.2) is 47.6 Å². The summed E-state index contributed by atoms with van der Waals surface area (Å²) < 4.78 is 37.7. The van der Waals surface area contributed by atoms with E-state index in [1.54, 1.807) is 36.5 Å². The molecule has 1 fully saturated rings. The van der Waals surface area contributed by atoms with Gasteiger partial charge in [-0.1, -0.05) is 24.3 Å². The van der Waals surface area contributed by atoms with Crippen LogP contribution in [0, 0.1) is 11.6 Å². The van der Waals surface area contributed by atoms with Gasteiger partial charge in [0.25, 0.3) is 5.91 Å². The van der Waals surface area contributed by atoms with E-state index in [4.69, 9.17) is 9.47 Å². The first kappa shape index (κ1) is 20.6. The van der Waals surface area contributed by atoms with Crippen LogP contribution in [0.25, 0.3) is 11.1 Å². The third kappa shape index (κ3) is 4.28. The van der Waals surface area contributed by atoms with Crippen molar-refractivity contribution in [2.75, 3.05) is 13.7 Å². The second-order valence-corrected chi connectivity index (χ2v) is 7.21. The minimum Gasteiger partial charge on any atom is -0.485 e. The lowest BCUT2D eigenvalue weighted by atomic mass is 10.1. The number of aromatic nitrogens is 1. The number of likely N-dealkylation sites (tertiary alicyclic amines) is 1. The highest BCUT2D eigenvalue weighted by molar-refractivity contribution is 5.97. The topological polar surface area (TPSA) is 71.6 Å². The minimum atomic E-state index is -0.855. The summed E-state index contributed by atoms with van der Waals surface area (Å²) >= 11 is 0. The van der Waals surface area contributed by atoms with E-state index in [2.05, 4.69) is 4.98 Å². The molecule has 2 heterocycles. The predicted octanol–water partition coefficient (Wildman–Crippen LogP) is 3.80. The zero-order valence-electron chi connectivity index (χ0n) is 16.7. The third-order valence-corrected chi connectivity index (χ3v) is 5.22. The lowest BCUT2D eigenvalue weighted by molar-refractivity contribution is -0.145. The van der Waals surface area contributed by atoms with E-state index in [0.29, 0.717) is 5.56 Å². The van der Waals surface area contributed by atoms with Crippen molar-refractivity contribution in [1.82, 2.24) is 9.88 Å². The van der Waals surface area contributed by atoms with Gasteiger partial charge in [-0.3, -0.25) is 4.79 Å². The first-order chi connectivity index (χ1) is 15.0. The second-order valence-electron chi connectivity index (χ2n) is 7.21. The number of halogens is 2. The molecule has 0 radical (unpaired) electrons. The van der Waals surface area contributed by atoms with Crippen LogP contribution in [0.1, 0.15) is 16.9 Å². The number of rotatable bonds is 5. The van der Waals surface area contributed by atoms with Crippen LogP contribution in [0.2, 0.25) is 0 Å². The van der Waals surface area contributed by atoms with Crippen molar-refractivity contribution in [2.24, 2.45) is 0 Å². The van der Waals surface area contributed by atoms with Crippen molar-refractivity contribution in [2.45, 2.75) is 18.6 Å². The maximum atomic E-state index is 13.9. The quantitative estimate of drug-likeness (QED) is 0.630. The molecule has 1 saturated heterocycles. The predicted molar refractivity (Wildman–Crippen MR) is 108 cm³/mol. The molecule has 1 aliphatic rings. The maximum absolute atomic E-state index is 13.9. The lowest BCUT2D eigenvalue weighted by Gasteiger charge is -2.21. The van der Waals surface area contributed by atoms with E-state index >= 15 is 0 Å². The Balaban J connectivity index is 1.54. The Kier molecular flexibility index (Phi) is 5.70. The van der Waals surface area contributed by atoms with Crippen molar-refractivity contribution in [3.8, 4) is 16.9 Å². The number of nitrogens with one attached hydrogen (secondary N) is 1. The summed E-state index contributed by atoms with van der Waals surface area (Å²) in [7, 11) is 1.25. The Morgan fingerprint density at radius 3 is 2.52 bits per heavy atom. The Morgan fingerprint density at radius 2 is 1.81 bits per heavy atom. The first-order valence-corrected chi connectivity index (χ1v) is 9.70. The summed E-state index contributed by atoms with van der Waals surface area (Å²) in [6.45, 7) is 0.0951. The number of H-pyrrole nitrogens is 1. The van der Waals surface area contributed by atoms with Gasteiger partial charge in [0, 0.05) is 12.6 Å². The third-order valence-electron chi connectivity index (χ3n) is 5.22. The molecule has 31 heavy (non-hydrogen) atoms. The fourth-order valence-electron chi connectivity index (χ4n) is 3.67. The van der Waals surface area contributed by atoms with Crippen molar-refractivity contribution in [3.63, 3.8) is 0 Å². The molecule has 1 N–H and O–H groups in total. The second kappa shape index (κ2) is 8.59. The Labute approximate surface area is 177 Å². The van der Waals surface area contributed by atoms with Gasteiger partial charge in [-0.15, -0.1) is 0 Å².